The average molecular weight is 317 g/mol. The van der Waals surface area contributed by atoms with Crippen LogP contribution in [-0.4, -0.2) is 47.1 Å². The first-order valence-electron chi connectivity index (χ1n) is 9.23. The Bertz CT molecular complexity index is 486. The van der Waals surface area contributed by atoms with Gasteiger partial charge in [-0.25, -0.2) is 4.98 Å². The first-order chi connectivity index (χ1) is 11.3. The Balaban J connectivity index is 1.55. The van der Waals surface area contributed by atoms with Gasteiger partial charge in [0.2, 0.25) is 0 Å². The maximum atomic E-state index is 4.54. The molecule has 1 saturated heterocycles. The molecule has 3 rings (SSSR count). The minimum atomic E-state index is 0.552. The second kappa shape index (κ2) is 7.84. The predicted octanol–water partition coefficient (Wildman–Crippen LogP) is 2.89. The number of nitrogens with one attached hydrogen (secondary N) is 1. The van der Waals surface area contributed by atoms with Gasteiger partial charge in [0.25, 0.3) is 0 Å². The number of hydrogen-bond acceptors (Lipinski definition) is 2. The van der Waals surface area contributed by atoms with Crippen LogP contribution in [0, 0.1) is 5.41 Å². The van der Waals surface area contributed by atoms with Crippen molar-refractivity contribution < 1.29 is 0 Å². The molecule has 0 radical (unpaired) electrons. The van der Waals surface area contributed by atoms with Crippen LogP contribution in [0.1, 0.15) is 51.4 Å². The van der Waals surface area contributed by atoms with Crippen LogP contribution in [0.5, 0.6) is 0 Å². The molecule has 5 heteroatoms. The summed E-state index contributed by atoms with van der Waals surface area (Å²) in [6.45, 7) is 4.16. The molecule has 1 spiro atoms. The Hall–Kier alpha value is -1.52. The zero-order chi connectivity index (χ0) is 16.0. The van der Waals surface area contributed by atoms with Crippen molar-refractivity contribution in [1.82, 2.24) is 19.8 Å². The molecule has 0 bridgehead atoms. The number of rotatable bonds is 3. The molecule has 23 heavy (non-hydrogen) atoms. The van der Waals surface area contributed by atoms with Crippen LogP contribution in [0.4, 0.5) is 0 Å². The van der Waals surface area contributed by atoms with Gasteiger partial charge in [-0.05, 0) is 31.1 Å². The number of aliphatic imine (C=N–C) groups is 1. The number of guanidine groups is 1. The minimum Gasteiger partial charge on any atom is -0.354 e. The lowest BCUT2D eigenvalue weighted by Crippen LogP contribution is -2.51. The van der Waals surface area contributed by atoms with Gasteiger partial charge in [-0.3, -0.25) is 4.99 Å². The standard InChI is InChI=1S/C18H31N5/c1-19-17(21-11-14-22-13-10-20-16-22)23-12-6-9-18(15-23)7-4-2-3-5-8-18/h10,13,16H,2-9,11-12,14-15H2,1H3,(H,19,21). The van der Waals surface area contributed by atoms with E-state index in [0.29, 0.717) is 5.41 Å². The molecule has 1 aliphatic heterocycles. The fraction of sp³-hybridized carbons (Fsp3) is 0.778. The van der Waals surface area contributed by atoms with Crippen molar-refractivity contribution in [3.05, 3.63) is 18.7 Å². The molecule has 2 heterocycles. The first kappa shape index (κ1) is 16.3. The normalized spacial score (nSPS) is 22.1. The van der Waals surface area contributed by atoms with Crippen molar-refractivity contribution in [2.75, 3.05) is 26.7 Å². The van der Waals surface area contributed by atoms with Gasteiger partial charge in [-0.15, -0.1) is 0 Å². The molecule has 128 valence electrons. The number of piperidine rings is 1. The summed E-state index contributed by atoms with van der Waals surface area (Å²) in [5.41, 5.74) is 0.552. The highest BCUT2D eigenvalue weighted by atomic mass is 15.3. The molecular formula is C18H31N5. The van der Waals surface area contributed by atoms with Crippen molar-refractivity contribution in [2.24, 2.45) is 10.4 Å². The number of imidazole rings is 1. The topological polar surface area (TPSA) is 45.5 Å². The molecular weight excluding hydrogens is 286 g/mol. The Kier molecular flexibility index (Phi) is 5.57. The van der Waals surface area contributed by atoms with Crippen LogP contribution in [-0.2, 0) is 6.54 Å². The van der Waals surface area contributed by atoms with Gasteiger partial charge in [-0.1, -0.05) is 25.7 Å². The van der Waals surface area contributed by atoms with Gasteiger partial charge in [0.15, 0.2) is 5.96 Å². The summed E-state index contributed by atoms with van der Waals surface area (Å²) < 4.78 is 2.10. The fourth-order valence-corrected chi connectivity index (χ4v) is 4.32. The highest BCUT2D eigenvalue weighted by molar-refractivity contribution is 5.80. The minimum absolute atomic E-state index is 0.552. The van der Waals surface area contributed by atoms with Crippen molar-refractivity contribution in [2.45, 2.75) is 57.9 Å². The van der Waals surface area contributed by atoms with E-state index in [1.54, 1.807) is 0 Å². The van der Waals surface area contributed by atoms with Gasteiger partial charge in [0.05, 0.1) is 6.33 Å². The van der Waals surface area contributed by atoms with Crippen LogP contribution < -0.4 is 5.32 Å². The third-order valence-electron chi connectivity index (χ3n) is 5.55. The van der Waals surface area contributed by atoms with Gasteiger partial charge in [0, 0.05) is 45.6 Å². The molecule has 1 saturated carbocycles. The van der Waals surface area contributed by atoms with Crippen molar-refractivity contribution in [1.29, 1.82) is 0 Å². The average Bonchev–Trinajstić information content (AvgIpc) is 2.99. The van der Waals surface area contributed by atoms with Crippen LogP contribution in [0.25, 0.3) is 0 Å². The SMILES string of the molecule is CN=C(NCCn1ccnc1)N1CCCC2(CCCCCC2)C1. The van der Waals surface area contributed by atoms with E-state index in [0.717, 1.165) is 25.6 Å². The Morgan fingerprint density at radius 2 is 1.96 bits per heavy atom. The summed E-state index contributed by atoms with van der Waals surface area (Å²) in [6.07, 6.45) is 16.9. The molecule has 1 N–H and O–H groups in total. The number of nitrogens with zero attached hydrogens (tertiary/aromatic N) is 4. The zero-order valence-corrected chi connectivity index (χ0v) is 14.5. The van der Waals surface area contributed by atoms with Crippen LogP contribution in [0.2, 0.25) is 0 Å². The van der Waals surface area contributed by atoms with E-state index in [1.165, 1.54) is 57.9 Å². The second-order valence-corrected chi connectivity index (χ2v) is 7.21. The monoisotopic (exact) mass is 317 g/mol. The lowest BCUT2D eigenvalue weighted by atomic mass is 9.74. The fourth-order valence-electron chi connectivity index (χ4n) is 4.32. The summed E-state index contributed by atoms with van der Waals surface area (Å²) in [5, 5.41) is 3.54. The molecule has 2 fully saturated rings. The van der Waals surface area contributed by atoms with Crippen molar-refractivity contribution in [3.8, 4) is 0 Å². The van der Waals surface area contributed by atoms with E-state index in [9.17, 15) is 0 Å². The molecule has 0 aromatic carbocycles. The van der Waals surface area contributed by atoms with Crippen LogP contribution in [0.3, 0.4) is 0 Å². The first-order valence-corrected chi connectivity index (χ1v) is 9.23. The zero-order valence-electron chi connectivity index (χ0n) is 14.5. The summed E-state index contributed by atoms with van der Waals surface area (Å²) in [5.74, 6) is 1.08. The van der Waals surface area contributed by atoms with Gasteiger partial charge in [-0.2, -0.15) is 0 Å². The van der Waals surface area contributed by atoms with Crippen LogP contribution >= 0.6 is 0 Å². The number of likely N-dealkylation sites (tertiary alicyclic amines) is 1. The summed E-state index contributed by atoms with van der Waals surface area (Å²) in [6, 6.07) is 0. The second-order valence-electron chi connectivity index (χ2n) is 7.21. The lowest BCUT2D eigenvalue weighted by Gasteiger charge is -2.44. The molecule has 1 aliphatic carbocycles. The van der Waals surface area contributed by atoms with E-state index < -0.39 is 0 Å². The third kappa shape index (κ3) is 4.27. The van der Waals surface area contributed by atoms with E-state index in [-0.39, 0.29) is 0 Å². The Labute approximate surface area is 140 Å². The largest absolute Gasteiger partial charge is 0.354 e. The smallest absolute Gasteiger partial charge is 0.193 e. The van der Waals surface area contributed by atoms with Gasteiger partial charge < -0.3 is 14.8 Å². The van der Waals surface area contributed by atoms with E-state index in [4.69, 9.17) is 0 Å². The Morgan fingerprint density at radius 3 is 2.65 bits per heavy atom. The van der Waals surface area contributed by atoms with Crippen molar-refractivity contribution in [3.63, 3.8) is 0 Å². The third-order valence-corrected chi connectivity index (χ3v) is 5.55. The molecule has 1 aromatic rings. The summed E-state index contributed by atoms with van der Waals surface area (Å²) >= 11 is 0. The van der Waals surface area contributed by atoms with Gasteiger partial charge in [0.1, 0.15) is 0 Å². The molecule has 1 aromatic heterocycles. The molecule has 0 unspecified atom stereocenters. The van der Waals surface area contributed by atoms with Crippen molar-refractivity contribution >= 4 is 5.96 Å². The predicted molar refractivity (Wildman–Crippen MR) is 94.5 cm³/mol. The van der Waals surface area contributed by atoms with Crippen LogP contribution in [0.15, 0.2) is 23.7 Å². The number of hydrogen-bond donors (Lipinski definition) is 1. The number of aromatic nitrogens is 2. The quantitative estimate of drug-likeness (QED) is 0.689. The van der Waals surface area contributed by atoms with E-state index >= 15 is 0 Å². The Morgan fingerprint density at radius 1 is 1.17 bits per heavy atom. The molecule has 2 aliphatic rings. The van der Waals surface area contributed by atoms with E-state index in [2.05, 4.69) is 24.8 Å². The highest BCUT2D eigenvalue weighted by Gasteiger charge is 2.36. The van der Waals surface area contributed by atoms with E-state index in [1.807, 2.05) is 25.8 Å². The maximum Gasteiger partial charge on any atom is 0.193 e. The molecule has 0 amide bonds. The van der Waals surface area contributed by atoms with Gasteiger partial charge >= 0.3 is 0 Å². The highest BCUT2D eigenvalue weighted by Crippen LogP contribution is 2.42. The maximum absolute atomic E-state index is 4.54. The lowest BCUT2D eigenvalue weighted by molar-refractivity contribution is 0.115. The summed E-state index contributed by atoms with van der Waals surface area (Å²) in [7, 11) is 1.91. The molecule has 5 nitrogen and oxygen atoms in total. The summed E-state index contributed by atoms with van der Waals surface area (Å²) in [4.78, 5) is 11.1. The molecule has 0 atom stereocenters.